The molecule has 0 aliphatic rings. The Morgan fingerprint density at radius 1 is 0.769 bits per heavy atom. The quantitative estimate of drug-likeness (QED) is 0.122. The van der Waals surface area contributed by atoms with E-state index in [9.17, 15) is 14.4 Å². The van der Waals surface area contributed by atoms with Crippen molar-refractivity contribution in [1.82, 2.24) is 5.32 Å². The maximum atomic E-state index is 11.9. The van der Waals surface area contributed by atoms with Crippen LogP contribution >= 0.6 is 0 Å². The zero-order chi connectivity index (χ0) is 28.3. The zero-order valence-corrected chi connectivity index (χ0v) is 22.8. The molecule has 0 saturated heterocycles. The van der Waals surface area contributed by atoms with Gasteiger partial charge in [0, 0.05) is 12.8 Å². The van der Waals surface area contributed by atoms with E-state index >= 15 is 0 Å². The molecule has 0 aliphatic heterocycles. The standard InChI is InChI=1S/C30H41N3O6/c1-2-23-12-14-24(15-13-23)32-33-25-16-18-26(19-17-25)39-22-10-8-6-4-3-5-7-9-11-28(34)31-27(30(37)38)20-21-29(35)36/h12-19,27H,2-11,20-22H2,1H3,(H,31,34)(H,35,36)(H,37,38)/t27-/m0/s1. The summed E-state index contributed by atoms with van der Waals surface area (Å²) < 4.78 is 5.82. The lowest BCUT2D eigenvalue weighted by atomic mass is 10.1. The Balaban J connectivity index is 1.47. The molecule has 0 bridgehead atoms. The van der Waals surface area contributed by atoms with Gasteiger partial charge in [0.25, 0.3) is 0 Å². The average Bonchev–Trinajstić information content (AvgIpc) is 2.93. The van der Waals surface area contributed by atoms with Crippen LogP contribution in [0.5, 0.6) is 5.75 Å². The lowest BCUT2D eigenvalue weighted by Gasteiger charge is -2.13. The van der Waals surface area contributed by atoms with Gasteiger partial charge in [-0.25, -0.2) is 4.79 Å². The molecule has 9 nitrogen and oxygen atoms in total. The van der Waals surface area contributed by atoms with E-state index in [1.807, 2.05) is 36.4 Å². The normalized spacial score (nSPS) is 11.8. The highest BCUT2D eigenvalue weighted by molar-refractivity contribution is 5.83. The number of azo groups is 1. The summed E-state index contributed by atoms with van der Waals surface area (Å²) in [6, 6.07) is 14.5. The first kappa shape index (κ1) is 31.5. The Kier molecular flexibility index (Phi) is 14.9. The van der Waals surface area contributed by atoms with E-state index in [0.29, 0.717) is 13.0 Å². The largest absolute Gasteiger partial charge is 0.494 e. The summed E-state index contributed by atoms with van der Waals surface area (Å²) in [6.45, 7) is 2.79. The van der Waals surface area contributed by atoms with Gasteiger partial charge in [0.1, 0.15) is 11.8 Å². The Bertz CT molecular complexity index is 1040. The number of rotatable bonds is 20. The molecule has 0 spiro atoms. The number of carbonyl (C=O) groups excluding carboxylic acids is 1. The molecule has 0 aliphatic carbocycles. The van der Waals surface area contributed by atoms with Gasteiger partial charge in [-0.15, -0.1) is 0 Å². The third-order valence-electron chi connectivity index (χ3n) is 6.31. The number of nitrogens with one attached hydrogen (secondary N) is 1. The second-order valence-corrected chi connectivity index (χ2v) is 9.53. The van der Waals surface area contributed by atoms with Crippen molar-refractivity contribution in [3.05, 3.63) is 54.1 Å². The minimum Gasteiger partial charge on any atom is -0.494 e. The molecule has 1 amide bonds. The molecule has 3 N–H and O–H groups in total. The number of carboxylic acids is 2. The number of hydrogen-bond donors (Lipinski definition) is 3. The van der Waals surface area contributed by atoms with Crippen molar-refractivity contribution in [3.8, 4) is 5.75 Å². The Morgan fingerprint density at radius 2 is 1.31 bits per heavy atom. The van der Waals surface area contributed by atoms with E-state index in [0.717, 1.165) is 68.5 Å². The number of amides is 1. The third-order valence-corrected chi connectivity index (χ3v) is 6.31. The fraction of sp³-hybridized carbons (Fsp3) is 0.500. The Morgan fingerprint density at radius 3 is 1.85 bits per heavy atom. The molecule has 0 fully saturated rings. The first-order valence-corrected chi connectivity index (χ1v) is 13.8. The van der Waals surface area contributed by atoms with E-state index in [4.69, 9.17) is 14.9 Å². The number of nitrogens with zero attached hydrogens (tertiary/aromatic N) is 2. The highest BCUT2D eigenvalue weighted by Crippen LogP contribution is 2.22. The second kappa shape index (κ2) is 18.5. The molecule has 2 aromatic rings. The predicted molar refractivity (Wildman–Crippen MR) is 150 cm³/mol. The van der Waals surface area contributed by atoms with Gasteiger partial charge in [-0.05, 0) is 67.6 Å². The summed E-state index contributed by atoms with van der Waals surface area (Å²) in [5.41, 5.74) is 2.89. The second-order valence-electron chi connectivity index (χ2n) is 9.53. The van der Waals surface area contributed by atoms with Crippen LogP contribution in [0.1, 0.15) is 83.1 Å². The molecule has 0 radical (unpaired) electrons. The van der Waals surface area contributed by atoms with E-state index in [2.05, 4.69) is 34.6 Å². The molecule has 0 aromatic heterocycles. The smallest absolute Gasteiger partial charge is 0.326 e. The van der Waals surface area contributed by atoms with Gasteiger partial charge in [-0.3, -0.25) is 9.59 Å². The summed E-state index contributed by atoms with van der Waals surface area (Å²) in [5, 5.41) is 28.7. The number of carboxylic acid groups (broad SMARTS) is 2. The van der Waals surface area contributed by atoms with Crippen molar-refractivity contribution < 1.29 is 29.3 Å². The molecule has 0 unspecified atom stereocenters. The van der Waals surface area contributed by atoms with E-state index < -0.39 is 18.0 Å². The highest BCUT2D eigenvalue weighted by Gasteiger charge is 2.20. The van der Waals surface area contributed by atoms with Crippen molar-refractivity contribution in [2.45, 2.75) is 90.0 Å². The minimum atomic E-state index is -1.21. The lowest BCUT2D eigenvalue weighted by Crippen LogP contribution is -2.41. The minimum absolute atomic E-state index is 0.116. The van der Waals surface area contributed by atoms with Crippen LogP contribution < -0.4 is 10.1 Å². The van der Waals surface area contributed by atoms with E-state index in [1.54, 1.807) is 0 Å². The van der Waals surface area contributed by atoms with Gasteiger partial charge >= 0.3 is 11.9 Å². The maximum Gasteiger partial charge on any atom is 0.326 e. The Hall–Kier alpha value is -3.75. The molecular weight excluding hydrogens is 498 g/mol. The van der Waals surface area contributed by atoms with Gasteiger partial charge in [0.05, 0.1) is 18.0 Å². The summed E-state index contributed by atoms with van der Waals surface area (Å²) in [4.78, 5) is 33.6. The number of hydrogen-bond acceptors (Lipinski definition) is 6. The summed E-state index contributed by atoms with van der Waals surface area (Å²) >= 11 is 0. The SMILES string of the molecule is CCc1ccc(N=Nc2ccc(OCCCCCCCCCCC(=O)N[C@@H](CCC(=O)O)C(=O)O)cc2)cc1. The fourth-order valence-electron chi connectivity index (χ4n) is 3.95. The number of ether oxygens (including phenoxy) is 1. The average molecular weight is 540 g/mol. The third kappa shape index (κ3) is 14.1. The fourth-order valence-corrected chi connectivity index (χ4v) is 3.95. The molecule has 2 aromatic carbocycles. The van der Waals surface area contributed by atoms with Gasteiger partial charge in [-0.1, -0.05) is 57.6 Å². The number of unbranched alkanes of at least 4 members (excludes halogenated alkanes) is 7. The van der Waals surface area contributed by atoms with Crippen molar-refractivity contribution in [3.63, 3.8) is 0 Å². The zero-order valence-electron chi connectivity index (χ0n) is 22.8. The topological polar surface area (TPSA) is 138 Å². The maximum absolute atomic E-state index is 11.9. The molecule has 9 heteroatoms. The summed E-state index contributed by atoms with van der Waals surface area (Å²) in [7, 11) is 0. The molecular formula is C30H41N3O6. The van der Waals surface area contributed by atoms with Crippen LogP contribution in [-0.4, -0.2) is 40.7 Å². The Labute approximate surface area is 230 Å². The monoisotopic (exact) mass is 539 g/mol. The molecule has 2 rings (SSSR count). The highest BCUT2D eigenvalue weighted by atomic mass is 16.5. The molecule has 1 atom stereocenters. The molecule has 0 heterocycles. The van der Waals surface area contributed by atoms with E-state index in [1.165, 1.54) is 5.56 Å². The van der Waals surface area contributed by atoms with Crippen LogP contribution in [0.15, 0.2) is 58.8 Å². The van der Waals surface area contributed by atoms with Gasteiger partial charge in [-0.2, -0.15) is 10.2 Å². The van der Waals surface area contributed by atoms with Crippen molar-refractivity contribution in [2.24, 2.45) is 10.2 Å². The molecule has 39 heavy (non-hydrogen) atoms. The van der Waals surface area contributed by atoms with Crippen LogP contribution in [0.25, 0.3) is 0 Å². The van der Waals surface area contributed by atoms with Crippen LogP contribution in [0.2, 0.25) is 0 Å². The summed E-state index contributed by atoms with van der Waals surface area (Å²) in [5.74, 6) is -1.81. The predicted octanol–water partition coefficient (Wildman–Crippen LogP) is 6.99. The number of aliphatic carboxylic acids is 2. The van der Waals surface area contributed by atoms with Crippen molar-refractivity contribution in [2.75, 3.05) is 6.61 Å². The van der Waals surface area contributed by atoms with Gasteiger partial charge in [0.15, 0.2) is 0 Å². The van der Waals surface area contributed by atoms with Crippen LogP contribution in [0.4, 0.5) is 11.4 Å². The molecule has 0 saturated carbocycles. The number of carbonyl (C=O) groups is 3. The lowest BCUT2D eigenvalue weighted by molar-refractivity contribution is -0.143. The molecule has 212 valence electrons. The van der Waals surface area contributed by atoms with Crippen molar-refractivity contribution >= 4 is 29.2 Å². The van der Waals surface area contributed by atoms with Crippen molar-refractivity contribution in [1.29, 1.82) is 0 Å². The first-order valence-electron chi connectivity index (χ1n) is 13.8. The van der Waals surface area contributed by atoms with Crippen LogP contribution in [0, 0.1) is 0 Å². The van der Waals surface area contributed by atoms with Gasteiger partial charge < -0.3 is 20.3 Å². The number of benzene rings is 2. The first-order chi connectivity index (χ1) is 18.9. The van der Waals surface area contributed by atoms with Crippen LogP contribution in [-0.2, 0) is 20.8 Å². The summed E-state index contributed by atoms with van der Waals surface area (Å²) in [6.07, 6.45) is 8.91. The van der Waals surface area contributed by atoms with Gasteiger partial charge in [0.2, 0.25) is 5.91 Å². The van der Waals surface area contributed by atoms with Crippen LogP contribution in [0.3, 0.4) is 0 Å². The van der Waals surface area contributed by atoms with E-state index in [-0.39, 0.29) is 25.2 Å². The number of aryl methyl sites for hydroxylation is 1.